The smallest absolute Gasteiger partial charge is 0.252 e. The highest BCUT2D eigenvalue weighted by molar-refractivity contribution is 5.98. The maximum Gasteiger partial charge on any atom is 0.252 e. The van der Waals surface area contributed by atoms with Gasteiger partial charge in [0.05, 0.1) is 5.69 Å². The molecule has 4 rings (SSSR count). The second-order valence-electron chi connectivity index (χ2n) is 8.83. The van der Waals surface area contributed by atoms with Crippen LogP contribution in [0, 0.1) is 0 Å². The summed E-state index contributed by atoms with van der Waals surface area (Å²) in [5.41, 5.74) is 0.249. The van der Waals surface area contributed by atoms with Gasteiger partial charge < -0.3 is 39.4 Å². The molecule has 0 saturated carbocycles. The second-order valence-corrected chi connectivity index (χ2v) is 8.83. The minimum absolute atomic E-state index is 0.0707. The maximum atomic E-state index is 13.0. The Morgan fingerprint density at radius 3 is 2.29 bits per heavy atom. The zero-order valence-electron chi connectivity index (χ0n) is 18.1. The number of nitrogens with one attached hydrogen (secondary N) is 2. The average molecular weight is 436 g/mol. The number of amides is 2. The summed E-state index contributed by atoms with van der Waals surface area (Å²) < 4.78 is 29.5. The van der Waals surface area contributed by atoms with E-state index >= 15 is 0 Å². The Labute approximate surface area is 180 Å². The summed E-state index contributed by atoms with van der Waals surface area (Å²) in [6, 6.07) is 5.42. The van der Waals surface area contributed by atoms with E-state index in [1.54, 1.807) is 45.9 Å². The molecule has 6 atom stereocenters. The Bertz CT molecular complexity index is 873. The second kappa shape index (κ2) is 7.72. The molecule has 3 saturated heterocycles. The third-order valence-electron chi connectivity index (χ3n) is 5.33. The van der Waals surface area contributed by atoms with Gasteiger partial charge in [0.25, 0.3) is 5.91 Å². The Morgan fingerprint density at radius 1 is 0.968 bits per heavy atom. The molecule has 10 nitrogen and oxygen atoms in total. The van der Waals surface area contributed by atoms with Gasteiger partial charge in [0.15, 0.2) is 24.0 Å². The van der Waals surface area contributed by atoms with Crippen LogP contribution < -0.4 is 10.6 Å². The number of carbonyl (C=O) groups is 2. The summed E-state index contributed by atoms with van der Waals surface area (Å²) in [5.74, 6) is -2.94. The van der Waals surface area contributed by atoms with Crippen LogP contribution in [0.15, 0.2) is 24.3 Å². The van der Waals surface area contributed by atoms with Crippen LogP contribution in [-0.4, -0.2) is 65.2 Å². The minimum atomic E-state index is -1.06. The van der Waals surface area contributed by atoms with Crippen molar-refractivity contribution in [3.8, 4) is 5.75 Å². The Morgan fingerprint density at radius 2 is 1.58 bits per heavy atom. The molecule has 3 aliphatic heterocycles. The normalized spacial score (nSPS) is 33.8. The summed E-state index contributed by atoms with van der Waals surface area (Å²) >= 11 is 0. The average Bonchev–Trinajstić information content (AvgIpc) is 3.16. The Kier molecular flexibility index (Phi) is 5.47. The van der Waals surface area contributed by atoms with Crippen LogP contribution in [0.4, 0.5) is 5.69 Å². The van der Waals surface area contributed by atoms with Gasteiger partial charge in [-0.25, -0.2) is 0 Å². The summed E-state index contributed by atoms with van der Waals surface area (Å²) in [4.78, 5) is 25.5. The van der Waals surface area contributed by atoms with Gasteiger partial charge in [0.1, 0.15) is 30.1 Å². The number of para-hydroxylation sites is 2. The lowest BCUT2D eigenvalue weighted by Gasteiger charge is -2.36. The molecule has 0 spiro atoms. The first-order chi connectivity index (χ1) is 14.5. The maximum absolute atomic E-state index is 13.0. The zero-order valence-corrected chi connectivity index (χ0v) is 18.1. The molecule has 3 aliphatic rings. The lowest BCUT2D eigenvalue weighted by molar-refractivity contribution is -0.231. The topological polar surface area (TPSA) is 125 Å². The number of phenols is 1. The van der Waals surface area contributed by atoms with Crippen molar-refractivity contribution in [2.75, 3.05) is 5.32 Å². The van der Waals surface area contributed by atoms with E-state index in [1.807, 2.05) is 0 Å². The van der Waals surface area contributed by atoms with Crippen molar-refractivity contribution < 1.29 is 38.4 Å². The van der Waals surface area contributed by atoms with Crippen molar-refractivity contribution >= 4 is 17.5 Å². The molecule has 0 aromatic heterocycles. The number of hydrogen-bond donors (Lipinski definition) is 3. The quantitative estimate of drug-likeness (QED) is 0.602. The van der Waals surface area contributed by atoms with Crippen molar-refractivity contribution in [3.63, 3.8) is 0 Å². The highest BCUT2D eigenvalue weighted by Crippen LogP contribution is 2.44. The third-order valence-corrected chi connectivity index (χ3v) is 5.33. The van der Waals surface area contributed by atoms with E-state index in [9.17, 15) is 14.7 Å². The SMILES string of the molecule is C[C@@H](NC(=O)[C@H]1O[C@@H]2OC(C)(C)O[C@H]2[C@H]2OC(C)(C)O[C@@H]21)C(=O)Nc1ccccc1O. The standard InChI is InChI=1S/C21H28N2O8/c1-10(17(25)23-11-8-6-7-9-12(11)24)22-18(26)15-13-14(29-20(2,3)28-13)16-19(27-15)31-21(4,5)30-16/h6-10,13-16,19,24H,1-5H3,(H,22,26)(H,23,25)/t10-,13+,14+,15+,16+,19-/m1/s1. The molecular formula is C21H28N2O8. The molecule has 10 heteroatoms. The molecule has 170 valence electrons. The fraction of sp³-hybridized carbons (Fsp3) is 0.619. The van der Waals surface area contributed by atoms with Crippen LogP contribution in [0.3, 0.4) is 0 Å². The predicted molar refractivity (Wildman–Crippen MR) is 107 cm³/mol. The van der Waals surface area contributed by atoms with Crippen LogP contribution in [0.5, 0.6) is 5.75 Å². The number of phenolic OH excluding ortho intramolecular Hbond substituents is 1. The van der Waals surface area contributed by atoms with Crippen molar-refractivity contribution in [2.45, 2.75) is 82.9 Å². The molecule has 0 aliphatic carbocycles. The predicted octanol–water partition coefficient (Wildman–Crippen LogP) is 1.23. The van der Waals surface area contributed by atoms with Crippen LogP contribution in [0.2, 0.25) is 0 Å². The molecular weight excluding hydrogens is 408 g/mol. The van der Waals surface area contributed by atoms with E-state index in [0.717, 1.165) is 0 Å². The van der Waals surface area contributed by atoms with Gasteiger partial charge in [0.2, 0.25) is 5.91 Å². The van der Waals surface area contributed by atoms with Crippen molar-refractivity contribution in [1.29, 1.82) is 0 Å². The first kappa shape index (κ1) is 22.0. The molecule has 0 unspecified atom stereocenters. The summed E-state index contributed by atoms with van der Waals surface area (Å²) in [6.45, 7) is 8.54. The van der Waals surface area contributed by atoms with Crippen molar-refractivity contribution in [2.24, 2.45) is 0 Å². The van der Waals surface area contributed by atoms with Crippen molar-refractivity contribution in [1.82, 2.24) is 5.32 Å². The van der Waals surface area contributed by atoms with Gasteiger partial charge in [-0.05, 0) is 46.8 Å². The van der Waals surface area contributed by atoms with Crippen LogP contribution in [0.1, 0.15) is 34.6 Å². The molecule has 0 bridgehead atoms. The van der Waals surface area contributed by atoms with Gasteiger partial charge in [-0.3, -0.25) is 9.59 Å². The molecule has 3 fully saturated rings. The molecule has 0 radical (unpaired) electrons. The molecule has 1 aromatic carbocycles. The molecule has 2 amide bonds. The van der Waals surface area contributed by atoms with Gasteiger partial charge in [-0.1, -0.05) is 12.1 Å². The van der Waals surface area contributed by atoms with E-state index < -0.39 is 60.1 Å². The number of hydrogen-bond acceptors (Lipinski definition) is 8. The number of anilines is 1. The number of ether oxygens (including phenoxy) is 5. The number of carbonyl (C=O) groups excluding carboxylic acids is 2. The van der Waals surface area contributed by atoms with Crippen LogP contribution in [-0.2, 0) is 33.3 Å². The monoisotopic (exact) mass is 436 g/mol. The van der Waals surface area contributed by atoms with Gasteiger partial charge in [0, 0.05) is 0 Å². The van der Waals surface area contributed by atoms with E-state index in [-0.39, 0.29) is 11.4 Å². The largest absolute Gasteiger partial charge is 0.506 e. The molecule has 3 N–H and O–H groups in total. The van der Waals surface area contributed by atoms with Gasteiger partial charge in [-0.15, -0.1) is 0 Å². The highest BCUT2D eigenvalue weighted by Gasteiger charge is 2.62. The first-order valence-electron chi connectivity index (χ1n) is 10.2. The first-order valence-corrected chi connectivity index (χ1v) is 10.2. The highest BCUT2D eigenvalue weighted by atomic mass is 16.9. The van der Waals surface area contributed by atoms with Crippen LogP contribution >= 0.6 is 0 Å². The molecule has 3 heterocycles. The lowest BCUT2D eigenvalue weighted by atomic mass is 9.98. The van der Waals surface area contributed by atoms with E-state index in [4.69, 9.17) is 23.7 Å². The van der Waals surface area contributed by atoms with E-state index in [2.05, 4.69) is 10.6 Å². The lowest BCUT2D eigenvalue weighted by Crippen LogP contribution is -2.60. The summed E-state index contributed by atoms with van der Waals surface area (Å²) in [6.07, 6.45) is -3.73. The number of aromatic hydroxyl groups is 1. The zero-order chi connectivity index (χ0) is 22.6. The fourth-order valence-corrected chi connectivity index (χ4v) is 4.00. The summed E-state index contributed by atoms with van der Waals surface area (Å²) in [7, 11) is 0. The molecule has 31 heavy (non-hydrogen) atoms. The Hall–Kier alpha value is -2.24. The van der Waals surface area contributed by atoms with Gasteiger partial charge in [-0.2, -0.15) is 0 Å². The number of rotatable bonds is 4. The number of benzene rings is 1. The minimum Gasteiger partial charge on any atom is -0.506 e. The summed E-state index contributed by atoms with van der Waals surface area (Å²) in [5, 5.41) is 15.1. The van der Waals surface area contributed by atoms with Crippen LogP contribution in [0.25, 0.3) is 0 Å². The van der Waals surface area contributed by atoms with Gasteiger partial charge >= 0.3 is 0 Å². The number of fused-ring (bicyclic) bond motifs is 3. The van der Waals surface area contributed by atoms with E-state index in [0.29, 0.717) is 0 Å². The molecule has 1 aromatic rings. The Balaban J connectivity index is 1.46. The van der Waals surface area contributed by atoms with E-state index in [1.165, 1.54) is 13.0 Å². The van der Waals surface area contributed by atoms with Crippen molar-refractivity contribution in [3.05, 3.63) is 24.3 Å². The fourth-order valence-electron chi connectivity index (χ4n) is 4.00. The third kappa shape index (κ3) is 4.39.